The van der Waals surface area contributed by atoms with Gasteiger partial charge in [0.05, 0.1) is 35.8 Å². The Kier molecular flexibility index (Phi) is 6.44. The fraction of sp³-hybridized carbons (Fsp3) is 0.294. The third-order valence-corrected chi connectivity index (χ3v) is 6.15. The number of nitro benzene ring substituents is 1. The summed E-state index contributed by atoms with van der Waals surface area (Å²) >= 11 is 0. The van der Waals surface area contributed by atoms with E-state index < -0.39 is 33.0 Å². The molecule has 12 nitrogen and oxygen atoms in total. The maximum absolute atomic E-state index is 12.8. The molecule has 0 spiro atoms. The molecule has 30 heavy (non-hydrogen) atoms. The third-order valence-electron chi connectivity index (χ3n) is 4.24. The molecule has 1 atom stereocenters. The number of ether oxygens (including phenoxy) is 1. The van der Waals surface area contributed by atoms with Crippen LogP contribution in [0.2, 0.25) is 0 Å². The van der Waals surface area contributed by atoms with Gasteiger partial charge in [-0.25, -0.2) is 8.42 Å². The van der Waals surface area contributed by atoms with E-state index in [1.54, 1.807) is 12.1 Å². The van der Waals surface area contributed by atoms with Crippen LogP contribution in [0.3, 0.4) is 0 Å². The second-order valence-electron chi connectivity index (χ2n) is 6.16. The lowest BCUT2D eigenvalue weighted by molar-refractivity contribution is -0.384. The molecule has 2 amide bonds. The number of nitrogens with one attached hydrogen (secondary N) is 2. The van der Waals surface area contributed by atoms with Crippen molar-refractivity contribution in [3.05, 3.63) is 58.5 Å². The van der Waals surface area contributed by atoms with Gasteiger partial charge in [0.15, 0.2) is 0 Å². The number of furan rings is 1. The standard InChI is InChI=1S/C17H18N4O8S/c22-16(18-10-13-2-1-8-28-13)17(23)19-11-15-20(7-9-29-15)30(26,27)14-5-3-12(4-6-14)21(24)25/h1-6,8,15H,7,9-11H2,(H,18,22)(H,19,23)/t15-/m1/s1. The van der Waals surface area contributed by atoms with Crippen LogP contribution in [0.25, 0.3) is 0 Å². The predicted octanol–water partition coefficient (Wildman–Crippen LogP) is -0.0326. The van der Waals surface area contributed by atoms with Crippen molar-refractivity contribution in [3.63, 3.8) is 0 Å². The lowest BCUT2D eigenvalue weighted by Crippen LogP contribution is -2.47. The first-order chi connectivity index (χ1) is 14.3. The molecular formula is C17H18N4O8S. The molecule has 1 fully saturated rings. The topological polar surface area (TPSA) is 161 Å². The second-order valence-corrected chi connectivity index (χ2v) is 8.05. The zero-order valence-electron chi connectivity index (χ0n) is 15.5. The van der Waals surface area contributed by atoms with Crippen LogP contribution in [0, 0.1) is 10.1 Å². The van der Waals surface area contributed by atoms with Gasteiger partial charge in [-0.05, 0) is 24.3 Å². The summed E-state index contributed by atoms with van der Waals surface area (Å²) in [6.07, 6.45) is 0.408. The lowest BCUT2D eigenvalue weighted by Gasteiger charge is -2.22. The number of benzene rings is 1. The zero-order chi connectivity index (χ0) is 21.7. The third kappa shape index (κ3) is 4.82. The highest BCUT2D eigenvalue weighted by molar-refractivity contribution is 7.89. The largest absolute Gasteiger partial charge is 0.467 e. The summed E-state index contributed by atoms with van der Waals surface area (Å²) in [4.78, 5) is 33.7. The van der Waals surface area contributed by atoms with E-state index in [1.807, 2.05) is 0 Å². The number of nitrogens with zero attached hydrogens (tertiary/aromatic N) is 2. The Labute approximate surface area is 171 Å². The van der Waals surface area contributed by atoms with Crippen molar-refractivity contribution in [3.8, 4) is 0 Å². The molecule has 0 unspecified atom stereocenters. The van der Waals surface area contributed by atoms with Crippen LogP contribution in [-0.2, 0) is 30.9 Å². The molecule has 3 rings (SSSR count). The normalized spacial score (nSPS) is 16.9. The van der Waals surface area contributed by atoms with Gasteiger partial charge >= 0.3 is 11.8 Å². The van der Waals surface area contributed by atoms with Gasteiger partial charge in [-0.2, -0.15) is 4.31 Å². The van der Waals surface area contributed by atoms with Crippen LogP contribution in [-0.4, -0.2) is 55.4 Å². The number of hydrogen-bond acceptors (Lipinski definition) is 8. The quantitative estimate of drug-likeness (QED) is 0.346. The van der Waals surface area contributed by atoms with Crippen LogP contribution < -0.4 is 10.6 Å². The van der Waals surface area contributed by atoms with Gasteiger partial charge in [-0.3, -0.25) is 19.7 Å². The monoisotopic (exact) mass is 438 g/mol. The number of sulfonamides is 1. The molecule has 1 aromatic carbocycles. The van der Waals surface area contributed by atoms with Crippen molar-refractivity contribution in [1.29, 1.82) is 0 Å². The number of non-ortho nitro benzene ring substituents is 1. The number of hydrogen-bond donors (Lipinski definition) is 2. The van der Waals surface area contributed by atoms with E-state index >= 15 is 0 Å². The molecule has 0 radical (unpaired) electrons. The highest BCUT2D eigenvalue weighted by Crippen LogP contribution is 2.24. The fourth-order valence-electron chi connectivity index (χ4n) is 2.74. The minimum absolute atomic E-state index is 0.0276. The van der Waals surface area contributed by atoms with Crippen LogP contribution in [0.4, 0.5) is 5.69 Å². The van der Waals surface area contributed by atoms with Crippen molar-refractivity contribution in [2.45, 2.75) is 17.7 Å². The molecule has 160 valence electrons. The maximum atomic E-state index is 12.8. The van der Waals surface area contributed by atoms with Gasteiger partial charge in [0.1, 0.15) is 12.0 Å². The number of amides is 2. The van der Waals surface area contributed by atoms with Crippen molar-refractivity contribution in [2.75, 3.05) is 19.7 Å². The van der Waals surface area contributed by atoms with Crippen LogP contribution >= 0.6 is 0 Å². The molecule has 0 bridgehead atoms. The highest BCUT2D eigenvalue weighted by Gasteiger charge is 2.36. The number of carbonyl (C=O) groups is 2. The van der Waals surface area contributed by atoms with E-state index in [0.717, 1.165) is 28.6 Å². The first-order valence-corrected chi connectivity index (χ1v) is 10.2. The van der Waals surface area contributed by atoms with Crippen LogP contribution in [0.15, 0.2) is 52.0 Å². The summed E-state index contributed by atoms with van der Waals surface area (Å²) in [6.45, 7) is -0.0962. The van der Waals surface area contributed by atoms with Crippen molar-refractivity contribution < 1.29 is 32.1 Å². The Morgan fingerprint density at radius 1 is 1.17 bits per heavy atom. The van der Waals surface area contributed by atoms with Gasteiger partial charge in [-0.1, -0.05) is 0 Å². The Hall–Kier alpha value is -3.29. The molecule has 13 heteroatoms. The smallest absolute Gasteiger partial charge is 0.309 e. The average Bonchev–Trinajstić information content (AvgIpc) is 3.42. The van der Waals surface area contributed by atoms with Crippen molar-refractivity contribution in [1.82, 2.24) is 14.9 Å². The van der Waals surface area contributed by atoms with E-state index in [0.29, 0.717) is 5.76 Å². The summed E-state index contributed by atoms with van der Waals surface area (Å²) < 4.78 is 37.1. The minimum Gasteiger partial charge on any atom is -0.467 e. The summed E-state index contributed by atoms with van der Waals surface area (Å²) in [7, 11) is -4.02. The van der Waals surface area contributed by atoms with Crippen molar-refractivity contribution in [2.24, 2.45) is 0 Å². The Bertz CT molecular complexity index is 1020. The van der Waals surface area contributed by atoms with E-state index in [1.165, 1.54) is 6.26 Å². The number of nitro groups is 1. The van der Waals surface area contributed by atoms with Gasteiger partial charge in [-0.15, -0.1) is 0 Å². The molecule has 0 aliphatic carbocycles. The molecule has 1 aliphatic heterocycles. The number of rotatable bonds is 7. The van der Waals surface area contributed by atoms with Crippen LogP contribution in [0.5, 0.6) is 0 Å². The van der Waals surface area contributed by atoms with Gasteiger partial charge in [0, 0.05) is 18.7 Å². The molecule has 2 heterocycles. The molecule has 1 aliphatic rings. The van der Waals surface area contributed by atoms with Gasteiger partial charge < -0.3 is 19.8 Å². The van der Waals surface area contributed by atoms with Crippen molar-refractivity contribution >= 4 is 27.5 Å². The number of carbonyl (C=O) groups excluding carboxylic acids is 2. The fourth-order valence-corrected chi connectivity index (χ4v) is 4.25. The van der Waals surface area contributed by atoms with Gasteiger partial charge in [0.2, 0.25) is 10.0 Å². The minimum atomic E-state index is -4.02. The molecule has 2 N–H and O–H groups in total. The van der Waals surface area contributed by atoms with Gasteiger partial charge in [0.25, 0.3) is 5.69 Å². The summed E-state index contributed by atoms with van der Waals surface area (Å²) in [5.41, 5.74) is -0.240. The Morgan fingerprint density at radius 2 is 1.87 bits per heavy atom. The molecule has 1 aromatic heterocycles. The second kappa shape index (κ2) is 9.02. The molecule has 2 aromatic rings. The van der Waals surface area contributed by atoms with Crippen LogP contribution in [0.1, 0.15) is 5.76 Å². The lowest BCUT2D eigenvalue weighted by atomic mass is 10.3. The Morgan fingerprint density at radius 3 is 2.50 bits per heavy atom. The van der Waals surface area contributed by atoms with E-state index in [2.05, 4.69) is 10.6 Å². The predicted molar refractivity (Wildman–Crippen MR) is 100 cm³/mol. The zero-order valence-corrected chi connectivity index (χ0v) is 16.3. The Balaban J connectivity index is 1.58. The van der Waals surface area contributed by atoms with E-state index in [-0.39, 0.29) is 36.8 Å². The first-order valence-electron chi connectivity index (χ1n) is 8.75. The SMILES string of the molecule is O=C(NCc1ccco1)C(=O)NC[C@H]1OCCN1S(=O)(=O)c1ccc([N+](=O)[O-])cc1. The maximum Gasteiger partial charge on any atom is 0.309 e. The first kappa shape index (κ1) is 21.4. The summed E-state index contributed by atoms with van der Waals surface area (Å²) in [5.74, 6) is -1.39. The molecule has 1 saturated heterocycles. The molecule has 0 saturated carbocycles. The highest BCUT2D eigenvalue weighted by atomic mass is 32.2. The van der Waals surface area contributed by atoms with E-state index in [4.69, 9.17) is 9.15 Å². The molecular weight excluding hydrogens is 420 g/mol. The summed E-state index contributed by atoms with van der Waals surface area (Å²) in [6, 6.07) is 7.70. The average molecular weight is 438 g/mol. The van der Waals surface area contributed by atoms with E-state index in [9.17, 15) is 28.1 Å². The summed E-state index contributed by atoms with van der Waals surface area (Å²) in [5, 5.41) is 15.4.